The van der Waals surface area contributed by atoms with E-state index < -0.39 is 16.0 Å². The lowest BCUT2D eigenvalue weighted by atomic mass is 10.0. The Morgan fingerprint density at radius 1 is 0.932 bits per heavy atom. The molecule has 2 saturated heterocycles. The lowest BCUT2D eigenvalue weighted by Crippen LogP contribution is -2.47. The molecule has 1 N–H and O–H groups in total. The average Bonchev–Trinajstić information content (AvgIpc) is 3.53. The van der Waals surface area contributed by atoms with E-state index in [2.05, 4.69) is 4.90 Å². The van der Waals surface area contributed by atoms with Gasteiger partial charge >= 0.3 is 5.97 Å². The van der Waals surface area contributed by atoms with E-state index in [0.717, 1.165) is 27.1 Å². The van der Waals surface area contributed by atoms with Crippen LogP contribution in [-0.2, 0) is 32.6 Å². The van der Waals surface area contributed by atoms with Crippen molar-refractivity contribution in [2.75, 3.05) is 58.7 Å². The number of nitrogens with zero attached hydrogens (tertiary/aromatic N) is 4. The van der Waals surface area contributed by atoms with E-state index >= 15 is 0 Å². The van der Waals surface area contributed by atoms with Crippen LogP contribution >= 0.6 is 22.9 Å². The molecule has 13 heteroatoms. The van der Waals surface area contributed by atoms with Gasteiger partial charge in [0, 0.05) is 62.0 Å². The molecule has 0 spiro atoms. The third kappa shape index (κ3) is 6.15. The summed E-state index contributed by atoms with van der Waals surface area (Å²) in [5.41, 5.74) is 4.78. The molecule has 2 aromatic carbocycles. The van der Waals surface area contributed by atoms with Crippen molar-refractivity contribution in [3.8, 4) is 22.4 Å². The molecule has 0 radical (unpaired) electrons. The summed E-state index contributed by atoms with van der Waals surface area (Å²) >= 11 is 7.50. The number of benzene rings is 2. The van der Waals surface area contributed by atoms with Gasteiger partial charge < -0.3 is 19.3 Å². The Labute approximate surface area is 265 Å². The second kappa shape index (κ2) is 12.6. The van der Waals surface area contributed by atoms with Gasteiger partial charge in [-0.15, -0.1) is 11.3 Å². The van der Waals surface area contributed by atoms with Gasteiger partial charge in [-0.25, -0.2) is 13.2 Å². The summed E-state index contributed by atoms with van der Waals surface area (Å²) < 4.78 is 33.9. The van der Waals surface area contributed by atoms with Gasteiger partial charge in [0.05, 0.1) is 35.4 Å². The number of morpholine rings is 1. The minimum Gasteiger partial charge on any atom is -0.477 e. The fraction of sp³-hybridized carbons (Fsp3) is 0.355. The number of hydrogen-bond acceptors (Lipinski definition) is 7. The molecule has 0 bridgehead atoms. The topological polar surface area (TPSA) is 112 Å². The largest absolute Gasteiger partial charge is 0.477 e. The highest BCUT2D eigenvalue weighted by Crippen LogP contribution is 2.47. The van der Waals surface area contributed by atoms with Crippen molar-refractivity contribution in [2.45, 2.75) is 13.1 Å². The fourth-order valence-corrected chi connectivity index (χ4v) is 8.19. The summed E-state index contributed by atoms with van der Waals surface area (Å²) in [5, 5.41) is 11.0. The second-order valence-electron chi connectivity index (χ2n) is 11.0. The second-order valence-corrected chi connectivity index (χ2v) is 14.4. The molecule has 2 aliphatic rings. The Morgan fingerprint density at radius 3 is 2.20 bits per heavy atom. The van der Waals surface area contributed by atoms with E-state index in [-0.39, 0.29) is 17.3 Å². The van der Waals surface area contributed by atoms with Crippen molar-refractivity contribution < 1.29 is 27.9 Å². The number of piperazine rings is 1. The van der Waals surface area contributed by atoms with Gasteiger partial charge in [0.15, 0.2) is 0 Å². The maximum absolute atomic E-state index is 13.8. The Kier molecular flexibility index (Phi) is 8.82. The van der Waals surface area contributed by atoms with Crippen molar-refractivity contribution >= 4 is 55.1 Å². The first-order valence-electron chi connectivity index (χ1n) is 14.4. The van der Waals surface area contributed by atoms with Crippen LogP contribution in [-0.4, -0.2) is 103 Å². The predicted octanol–water partition coefficient (Wildman–Crippen LogP) is 4.32. The van der Waals surface area contributed by atoms with Crippen LogP contribution in [0, 0.1) is 0 Å². The van der Waals surface area contributed by atoms with E-state index in [1.54, 1.807) is 4.90 Å². The Bertz CT molecular complexity index is 1790. The summed E-state index contributed by atoms with van der Waals surface area (Å²) in [7, 11) is -3.32. The van der Waals surface area contributed by atoms with Crippen molar-refractivity contribution in [3.63, 3.8) is 0 Å². The molecular weight excluding hydrogens is 624 g/mol. The highest BCUT2D eigenvalue weighted by atomic mass is 35.5. The van der Waals surface area contributed by atoms with Crippen molar-refractivity contribution in [2.24, 2.45) is 0 Å². The van der Waals surface area contributed by atoms with Gasteiger partial charge in [-0.1, -0.05) is 54.1 Å². The molecule has 1 amide bonds. The number of carbonyl (C=O) groups excluding carboxylic acids is 1. The zero-order chi connectivity index (χ0) is 31.0. The number of fused-ring (bicyclic) bond motifs is 1. The smallest absolute Gasteiger partial charge is 0.346 e. The lowest BCUT2D eigenvalue weighted by Gasteiger charge is -2.33. The highest BCUT2D eigenvalue weighted by molar-refractivity contribution is 7.88. The molecule has 4 aromatic rings. The summed E-state index contributed by atoms with van der Waals surface area (Å²) in [5.74, 6) is -1.11. The van der Waals surface area contributed by atoms with Crippen LogP contribution in [0.15, 0.2) is 54.6 Å². The zero-order valence-corrected chi connectivity index (χ0v) is 26.6. The number of hydrogen-bond donors (Lipinski definition) is 1. The maximum Gasteiger partial charge on any atom is 0.346 e. The van der Waals surface area contributed by atoms with Gasteiger partial charge in [-0.2, -0.15) is 4.31 Å². The Balaban J connectivity index is 1.55. The molecule has 0 aliphatic carbocycles. The van der Waals surface area contributed by atoms with E-state index in [1.165, 1.54) is 21.9 Å². The van der Waals surface area contributed by atoms with Crippen LogP contribution in [0.4, 0.5) is 0 Å². The minimum absolute atomic E-state index is 0.0198. The molecule has 232 valence electrons. The van der Waals surface area contributed by atoms with Crippen LogP contribution in [0.3, 0.4) is 0 Å². The van der Waals surface area contributed by atoms with Crippen molar-refractivity contribution in [3.05, 3.63) is 70.1 Å². The van der Waals surface area contributed by atoms with E-state index in [4.69, 9.17) is 16.3 Å². The summed E-state index contributed by atoms with van der Waals surface area (Å²) in [4.78, 5) is 30.6. The first-order chi connectivity index (χ1) is 21.1. The number of carbonyl (C=O) groups is 2. The average molecular weight is 657 g/mol. The van der Waals surface area contributed by atoms with Gasteiger partial charge in [0.2, 0.25) is 15.9 Å². The highest BCUT2D eigenvalue weighted by Gasteiger charge is 2.32. The normalized spacial score (nSPS) is 16.9. The monoisotopic (exact) mass is 656 g/mol. The summed E-state index contributed by atoms with van der Waals surface area (Å²) in [6.45, 7) is 3.84. The number of halogens is 1. The van der Waals surface area contributed by atoms with Gasteiger partial charge in [-0.3, -0.25) is 9.69 Å². The van der Waals surface area contributed by atoms with Crippen molar-refractivity contribution in [1.29, 1.82) is 0 Å². The number of ether oxygens (including phenoxy) is 1. The lowest BCUT2D eigenvalue weighted by molar-refractivity contribution is -0.135. The molecule has 2 aliphatic heterocycles. The number of sulfonamides is 1. The Hall–Kier alpha value is -3.26. The number of aromatic nitrogens is 1. The van der Waals surface area contributed by atoms with Gasteiger partial charge in [0.25, 0.3) is 0 Å². The maximum atomic E-state index is 13.8. The standard InChI is InChI=1S/C31H33ClN4O6S2/c1-44(40,41)35-13-11-33(12-14-35)19-24-28-30(43-29(24)31(38)39)26(21-5-3-2-4-6-21)27(22-7-9-23(32)10-8-22)36(28)20-25(37)34-15-17-42-18-16-34/h2-10H,11-20H2,1H3,(H,38,39). The number of carboxylic acid groups (broad SMARTS) is 1. The van der Waals surface area contributed by atoms with Crippen LogP contribution in [0.2, 0.25) is 5.02 Å². The van der Waals surface area contributed by atoms with Crippen LogP contribution in [0.25, 0.3) is 32.6 Å². The third-order valence-corrected chi connectivity index (χ3v) is 11.0. The number of rotatable bonds is 8. The predicted molar refractivity (Wildman–Crippen MR) is 172 cm³/mol. The molecule has 2 fully saturated rings. The quantitative estimate of drug-likeness (QED) is 0.301. The van der Waals surface area contributed by atoms with E-state index in [0.29, 0.717) is 75.1 Å². The molecule has 44 heavy (non-hydrogen) atoms. The van der Waals surface area contributed by atoms with Crippen LogP contribution in [0.5, 0.6) is 0 Å². The third-order valence-electron chi connectivity index (χ3n) is 8.20. The number of carboxylic acids is 1. The number of aromatic carboxylic acids is 1. The molecule has 0 unspecified atom stereocenters. The molecule has 0 atom stereocenters. The fourth-order valence-electron chi connectivity index (χ4n) is 6.01. The van der Waals surface area contributed by atoms with Gasteiger partial charge in [0.1, 0.15) is 11.4 Å². The number of amides is 1. The molecule has 0 saturated carbocycles. The Morgan fingerprint density at radius 2 is 1.59 bits per heavy atom. The van der Waals surface area contributed by atoms with Crippen molar-refractivity contribution in [1.82, 2.24) is 18.7 Å². The summed E-state index contributed by atoms with van der Waals surface area (Å²) in [6, 6.07) is 17.3. The van der Waals surface area contributed by atoms with E-state index in [9.17, 15) is 23.1 Å². The van der Waals surface area contributed by atoms with E-state index in [1.807, 2.05) is 59.2 Å². The molecule has 4 heterocycles. The first-order valence-corrected chi connectivity index (χ1v) is 17.4. The zero-order valence-electron chi connectivity index (χ0n) is 24.2. The molecule has 10 nitrogen and oxygen atoms in total. The molecule has 2 aromatic heterocycles. The molecular formula is C31H33ClN4O6S2. The first kappa shape index (κ1) is 30.8. The van der Waals surface area contributed by atoms with Crippen LogP contribution < -0.4 is 0 Å². The van der Waals surface area contributed by atoms with Crippen LogP contribution in [0.1, 0.15) is 15.2 Å². The summed E-state index contributed by atoms with van der Waals surface area (Å²) in [6.07, 6.45) is 1.20. The van der Waals surface area contributed by atoms with Gasteiger partial charge in [-0.05, 0) is 23.3 Å². The number of thiophene rings is 1. The minimum atomic E-state index is -3.32. The molecule has 6 rings (SSSR count). The SMILES string of the molecule is CS(=O)(=O)N1CCN(Cc2c(C(=O)O)sc3c(-c4ccccc4)c(-c4ccc(Cl)cc4)n(CC(=O)N4CCOCC4)c23)CC1.